The molecule has 0 radical (unpaired) electrons. The fraction of sp³-hybridized carbons (Fsp3) is 0.0526. The lowest BCUT2D eigenvalue weighted by molar-refractivity contribution is 0.0600. The van der Waals surface area contributed by atoms with E-state index >= 15 is 0 Å². The van der Waals surface area contributed by atoms with Gasteiger partial charge in [-0.2, -0.15) is 9.50 Å². The molecule has 7 heteroatoms. The molecule has 0 aliphatic rings. The molecule has 0 aliphatic carbocycles. The summed E-state index contributed by atoms with van der Waals surface area (Å²) < 4.78 is 6.53. The summed E-state index contributed by atoms with van der Waals surface area (Å²) in [6, 6.07) is 16.4. The van der Waals surface area contributed by atoms with Gasteiger partial charge in [0, 0.05) is 5.56 Å². The Morgan fingerprint density at radius 1 is 1.12 bits per heavy atom. The van der Waals surface area contributed by atoms with E-state index in [0.29, 0.717) is 20.9 Å². The smallest absolute Gasteiger partial charge is 0.337 e. The van der Waals surface area contributed by atoms with Crippen molar-refractivity contribution in [2.45, 2.75) is 0 Å². The molecule has 0 amide bonds. The van der Waals surface area contributed by atoms with Gasteiger partial charge in [-0.3, -0.25) is 4.79 Å². The van der Waals surface area contributed by atoms with E-state index in [1.54, 1.807) is 30.3 Å². The number of fused-ring (bicyclic) bond motifs is 1. The van der Waals surface area contributed by atoms with E-state index in [1.807, 2.05) is 30.3 Å². The number of rotatable bonds is 3. The molecule has 4 aromatic rings. The van der Waals surface area contributed by atoms with Crippen LogP contribution in [0.25, 0.3) is 22.4 Å². The van der Waals surface area contributed by atoms with Crippen LogP contribution in [0, 0.1) is 0 Å². The van der Waals surface area contributed by atoms with Gasteiger partial charge in [-0.25, -0.2) is 4.79 Å². The van der Waals surface area contributed by atoms with E-state index in [4.69, 9.17) is 0 Å². The van der Waals surface area contributed by atoms with Crippen molar-refractivity contribution in [3.05, 3.63) is 80.6 Å². The van der Waals surface area contributed by atoms with Gasteiger partial charge in [-0.05, 0) is 23.8 Å². The Morgan fingerprint density at radius 2 is 1.85 bits per heavy atom. The highest BCUT2D eigenvalue weighted by Crippen LogP contribution is 2.15. The lowest BCUT2D eigenvalue weighted by Crippen LogP contribution is -2.23. The fourth-order valence-corrected chi connectivity index (χ4v) is 3.44. The number of thiazole rings is 1. The van der Waals surface area contributed by atoms with Gasteiger partial charge < -0.3 is 4.74 Å². The van der Waals surface area contributed by atoms with Crippen molar-refractivity contribution < 1.29 is 9.53 Å². The zero-order valence-corrected chi connectivity index (χ0v) is 14.6. The molecule has 2 aromatic heterocycles. The Bertz CT molecular complexity index is 1190. The Morgan fingerprint density at radius 3 is 2.50 bits per heavy atom. The molecule has 0 saturated carbocycles. The quantitative estimate of drug-likeness (QED) is 0.522. The minimum absolute atomic E-state index is 0.211. The SMILES string of the molecule is COC(=O)c1ccc(/C=c2\sc3nc(-c4ccccc4)nn3c2=O)cc1. The summed E-state index contributed by atoms with van der Waals surface area (Å²) in [6.07, 6.45) is 1.76. The highest BCUT2D eigenvalue weighted by atomic mass is 32.1. The van der Waals surface area contributed by atoms with Gasteiger partial charge in [-0.1, -0.05) is 53.8 Å². The number of hydrogen-bond donors (Lipinski definition) is 0. The third-order valence-electron chi connectivity index (χ3n) is 3.84. The first-order valence-electron chi connectivity index (χ1n) is 7.81. The van der Waals surface area contributed by atoms with Crippen LogP contribution < -0.4 is 10.1 Å². The van der Waals surface area contributed by atoms with Crippen LogP contribution in [-0.4, -0.2) is 27.7 Å². The van der Waals surface area contributed by atoms with Crippen LogP contribution in [0.3, 0.4) is 0 Å². The molecule has 0 atom stereocenters. The number of carbonyl (C=O) groups excluding carboxylic acids is 1. The van der Waals surface area contributed by atoms with Gasteiger partial charge in [0.2, 0.25) is 4.96 Å². The first-order valence-corrected chi connectivity index (χ1v) is 8.62. The van der Waals surface area contributed by atoms with Crippen molar-refractivity contribution in [1.29, 1.82) is 0 Å². The van der Waals surface area contributed by atoms with E-state index in [-0.39, 0.29) is 5.56 Å². The molecule has 6 nitrogen and oxygen atoms in total. The topological polar surface area (TPSA) is 73.6 Å². The van der Waals surface area contributed by atoms with E-state index in [9.17, 15) is 9.59 Å². The summed E-state index contributed by atoms with van der Waals surface area (Å²) in [5, 5.41) is 4.32. The third-order valence-corrected chi connectivity index (χ3v) is 4.80. The molecule has 0 fully saturated rings. The Hall–Kier alpha value is -3.32. The summed E-state index contributed by atoms with van der Waals surface area (Å²) >= 11 is 1.28. The highest BCUT2D eigenvalue weighted by molar-refractivity contribution is 7.15. The maximum absolute atomic E-state index is 12.6. The molecule has 4 rings (SSSR count). The summed E-state index contributed by atoms with van der Waals surface area (Å²) in [5.41, 5.74) is 1.92. The number of carbonyl (C=O) groups is 1. The zero-order chi connectivity index (χ0) is 18.1. The van der Waals surface area contributed by atoms with Crippen molar-refractivity contribution in [1.82, 2.24) is 14.6 Å². The highest BCUT2D eigenvalue weighted by Gasteiger charge is 2.11. The molecule has 0 N–H and O–H groups in total. The average Bonchev–Trinajstić information content (AvgIpc) is 3.22. The van der Waals surface area contributed by atoms with Gasteiger partial charge in [0.15, 0.2) is 5.82 Å². The number of benzene rings is 2. The Kier molecular flexibility index (Phi) is 4.06. The Labute approximate surface area is 152 Å². The van der Waals surface area contributed by atoms with E-state index in [2.05, 4.69) is 14.8 Å². The molecule has 0 bridgehead atoms. The second-order valence-electron chi connectivity index (χ2n) is 5.53. The second kappa shape index (κ2) is 6.53. The van der Waals surface area contributed by atoms with Crippen LogP contribution in [0.4, 0.5) is 0 Å². The maximum atomic E-state index is 12.6. The summed E-state index contributed by atoms with van der Waals surface area (Å²) in [5.74, 6) is 0.135. The summed E-state index contributed by atoms with van der Waals surface area (Å²) in [6.45, 7) is 0. The van der Waals surface area contributed by atoms with E-state index in [0.717, 1.165) is 11.1 Å². The normalized spacial score (nSPS) is 11.8. The molecule has 26 heavy (non-hydrogen) atoms. The van der Waals surface area contributed by atoms with Crippen molar-refractivity contribution in [3.63, 3.8) is 0 Å². The number of ether oxygens (including phenoxy) is 1. The fourth-order valence-electron chi connectivity index (χ4n) is 2.53. The molecule has 0 spiro atoms. The molecular formula is C19H13N3O3S. The van der Waals surface area contributed by atoms with Crippen LogP contribution in [0.5, 0.6) is 0 Å². The predicted molar refractivity (Wildman–Crippen MR) is 99.1 cm³/mol. The van der Waals surface area contributed by atoms with Crippen LogP contribution in [0.2, 0.25) is 0 Å². The van der Waals surface area contributed by atoms with Crippen LogP contribution in [0.15, 0.2) is 59.4 Å². The second-order valence-corrected chi connectivity index (χ2v) is 6.53. The molecule has 0 aliphatic heterocycles. The van der Waals surface area contributed by atoms with Gasteiger partial charge in [0.05, 0.1) is 17.2 Å². The van der Waals surface area contributed by atoms with Gasteiger partial charge >= 0.3 is 5.97 Å². The minimum atomic E-state index is -0.395. The first kappa shape index (κ1) is 16.2. The summed E-state index contributed by atoms with van der Waals surface area (Å²) in [7, 11) is 1.34. The first-order chi connectivity index (χ1) is 12.7. The lowest BCUT2D eigenvalue weighted by Gasteiger charge is -1.98. The van der Waals surface area contributed by atoms with Crippen LogP contribution >= 0.6 is 11.3 Å². The van der Waals surface area contributed by atoms with Crippen molar-refractivity contribution in [3.8, 4) is 11.4 Å². The number of nitrogens with zero attached hydrogens (tertiary/aromatic N) is 3. The van der Waals surface area contributed by atoms with E-state index < -0.39 is 5.97 Å². The molecule has 0 unspecified atom stereocenters. The number of hydrogen-bond acceptors (Lipinski definition) is 6. The minimum Gasteiger partial charge on any atom is -0.465 e. The van der Waals surface area contributed by atoms with Crippen molar-refractivity contribution in [2.75, 3.05) is 7.11 Å². The zero-order valence-electron chi connectivity index (χ0n) is 13.7. The average molecular weight is 363 g/mol. The predicted octanol–water partition coefficient (Wildman–Crippen LogP) is 2.15. The standard InChI is InChI=1S/C19H13N3O3S/c1-25-18(24)14-9-7-12(8-10-14)11-15-17(23)22-19(26-15)20-16(21-22)13-5-3-2-4-6-13/h2-11H,1H3/b15-11-. The van der Waals surface area contributed by atoms with Gasteiger partial charge in [0.1, 0.15) is 0 Å². The number of methoxy groups -OCH3 is 1. The van der Waals surface area contributed by atoms with Crippen LogP contribution in [-0.2, 0) is 4.74 Å². The third kappa shape index (κ3) is 2.89. The Balaban J connectivity index is 1.72. The van der Waals surface area contributed by atoms with Crippen LogP contribution in [0.1, 0.15) is 15.9 Å². The number of esters is 1. The van der Waals surface area contributed by atoms with E-state index in [1.165, 1.54) is 23.0 Å². The van der Waals surface area contributed by atoms with Crippen molar-refractivity contribution >= 4 is 28.3 Å². The molecule has 128 valence electrons. The molecule has 2 aromatic carbocycles. The molecule has 0 saturated heterocycles. The lowest BCUT2D eigenvalue weighted by atomic mass is 10.1. The molecule has 2 heterocycles. The largest absolute Gasteiger partial charge is 0.465 e. The van der Waals surface area contributed by atoms with Gasteiger partial charge in [-0.15, -0.1) is 5.10 Å². The summed E-state index contributed by atoms with van der Waals surface area (Å²) in [4.78, 5) is 29.0. The molecular weight excluding hydrogens is 350 g/mol. The van der Waals surface area contributed by atoms with Crippen molar-refractivity contribution in [2.24, 2.45) is 0 Å². The maximum Gasteiger partial charge on any atom is 0.337 e. The monoisotopic (exact) mass is 363 g/mol. The van der Waals surface area contributed by atoms with Gasteiger partial charge in [0.25, 0.3) is 5.56 Å². The number of aromatic nitrogens is 3.